The second-order valence-electron chi connectivity index (χ2n) is 6.60. The van der Waals surface area contributed by atoms with E-state index in [1.54, 1.807) is 6.21 Å². The zero-order valence-electron chi connectivity index (χ0n) is 16.2. The fourth-order valence-electron chi connectivity index (χ4n) is 2.92. The van der Waals surface area contributed by atoms with E-state index in [2.05, 4.69) is 35.7 Å². The van der Waals surface area contributed by atoms with Crippen LogP contribution in [0.1, 0.15) is 11.1 Å². The number of hydrogen-bond acceptors (Lipinski definition) is 8. The van der Waals surface area contributed by atoms with Crippen molar-refractivity contribution >= 4 is 29.7 Å². The molecule has 0 spiro atoms. The van der Waals surface area contributed by atoms with Gasteiger partial charge >= 0.3 is 0 Å². The van der Waals surface area contributed by atoms with Gasteiger partial charge < -0.3 is 15.0 Å². The van der Waals surface area contributed by atoms with E-state index < -0.39 is 0 Å². The van der Waals surface area contributed by atoms with Gasteiger partial charge in [0.1, 0.15) is 0 Å². The van der Waals surface area contributed by atoms with Crippen LogP contribution in [0.4, 0.5) is 23.5 Å². The first-order valence-electron chi connectivity index (χ1n) is 9.53. The van der Waals surface area contributed by atoms with E-state index in [-0.39, 0.29) is 0 Å². The summed E-state index contributed by atoms with van der Waals surface area (Å²) >= 11 is 0. The number of ether oxygens (including phenoxy) is 1. The summed E-state index contributed by atoms with van der Waals surface area (Å²) in [5.41, 5.74) is 6.02. The number of anilines is 4. The highest BCUT2D eigenvalue weighted by Gasteiger charge is 2.16. The molecule has 0 saturated carbocycles. The van der Waals surface area contributed by atoms with Crippen molar-refractivity contribution < 1.29 is 4.74 Å². The smallest absolute Gasteiger partial charge is 0.250 e. The number of aromatic nitrogens is 3. The molecule has 8 nitrogen and oxygen atoms in total. The molecule has 148 valence electrons. The molecule has 0 amide bonds. The van der Waals surface area contributed by atoms with Gasteiger partial charge in [-0.25, -0.2) is 5.43 Å². The van der Waals surface area contributed by atoms with Gasteiger partial charge in [0.05, 0.1) is 19.4 Å². The SMILES string of the molecule is Cc1ccccc1C=NNc1nc(Nc2ccccc2)nc(N2CCOCC2)n1. The Morgan fingerprint density at radius 3 is 2.45 bits per heavy atom. The van der Waals surface area contributed by atoms with Crippen LogP contribution in [0, 0.1) is 6.92 Å². The lowest BCUT2D eigenvalue weighted by molar-refractivity contribution is 0.122. The number of hydrogen-bond donors (Lipinski definition) is 2. The largest absolute Gasteiger partial charge is 0.378 e. The Balaban J connectivity index is 1.57. The third-order valence-corrected chi connectivity index (χ3v) is 4.50. The number of nitrogens with one attached hydrogen (secondary N) is 2. The van der Waals surface area contributed by atoms with Gasteiger partial charge in [-0.2, -0.15) is 20.1 Å². The highest BCUT2D eigenvalue weighted by Crippen LogP contribution is 2.18. The molecule has 1 fully saturated rings. The van der Waals surface area contributed by atoms with Crippen molar-refractivity contribution in [3.63, 3.8) is 0 Å². The topological polar surface area (TPSA) is 87.6 Å². The quantitative estimate of drug-likeness (QED) is 0.494. The Morgan fingerprint density at radius 1 is 0.931 bits per heavy atom. The predicted octanol–water partition coefficient (Wildman–Crippen LogP) is 3.21. The number of hydrazone groups is 1. The molecule has 4 rings (SSSR count). The van der Waals surface area contributed by atoms with E-state index in [9.17, 15) is 0 Å². The second kappa shape index (κ2) is 9.11. The lowest BCUT2D eigenvalue weighted by Gasteiger charge is -2.27. The first-order chi connectivity index (χ1) is 14.3. The Bertz CT molecular complexity index is 972. The van der Waals surface area contributed by atoms with E-state index in [4.69, 9.17) is 4.74 Å². The monoisotopic (exact) mass is 389 g/mol. The summed E-state index contributed by atoms with van der Waals surface area (Å²) in [5.74, 6) is 1.43. The molecule has 0 atom stereocenters. The zero-order chi connectivity index (χ0) is 19.9. The first kappa shape index (κ1) is 18.8. The predicted molar refractivity (Wildman–Crippen MR) is 115 cm³/mol. The minimum absolute atomic E-state index is 0.379. The van der Waals surface area contributed by atoms with Crippen LogP contribution in [0.2, 0.25) is 0 Å². The maximum absolute atomic E-state index is 5.43. The highest BCUT2D eigenvalue weighted by molar-refractivity contribution is 5.81. The third kappa shape index (κ3) is 5.05. The van der Waals surface area contributed by atoms with Crippen molar-refractivity contribution in [1.82, 2.24) is 15.0 Å². The molecule has 3 aromatic rings. The van der Waals surface area contributed by atoms with E-state index >= 15 is 0 Å². The lowest BCUT2D eigenvalue weighted by atomic mass is 10.1. The molecule has 0 radical (unpaired) electrons. The van der Waals surface area contributed by atoms with Crippen LogP contribution in [0.25, 0.3) is 0 Å². The van der Waals surface area contributed by atoms with E-state index in [0.717, 1.165) is 29.9 Å². The zero-order valence-corrected chi connectivity index (χ0v) is 16.2. The van der Waals surface area contributed by atoms with Crippen molar-refractivity contribution in [2.45, 2.75) is 6.92 Å². The average Bonchev–Trinajstić information content (AvgIpc) is 2.76. The number of para-hydroxylation sites is 1. The molecule has 29 heavy (non-hydrogen) atoms. The molecule has 0 unspecified atom stereocenters. The minimum atomic E-state index is 0.379. The first-order valence-corrected chi connectivity index (χ1v) is 9.53. The van der Waals surface area contributed by atoms with Crippen molar-refractivity contribution in [2.75, 3.05) is 41.9 Å². The maximum atomic E-state index is 5.43. The molecular weight excluding hydrogens is 366 g/mol. The lowest BCUT2D eigenvalue weighted by Crippen LogP contribution is -2.37. The summed E-state index contributed by atoms with van der Waals surface area (Å²) in [4.78, 5) is 15.7. The number of aryl methyl sites for hydroxylation is 1. The molecule has 2 N–H and O–H groups in total. The van der Waals surface area contributed by atoms with Crippen LogP contribution < -0.4 is 15.6 Å². The number of rotatable bonds is 6. The summed E-state index contributed by atoms with van der Waals surface area (Å²) in [6.45, 7) is 4.83. The standard InChI is InChI=1S/C21H23N7O/c1-16-7-5-6-8-17(16)15-22-27-20-24-19(23-18-9-3-2-4-10-18)25-21(26-20)28-11-13-29-14-12-28/h2-10,15H,11-14H2,1H3,(H2,23,24,25,26,27). The van der Waals surface area contributed by atoms with Gasteiger partial charge in [0.25, 0.3) is 0 Å². The van der Waals surface area contributed by atoms with Crippen molar-refractivity contribution in [3.05, 3.63) is 65.7 Å². The van der Waals surface area contributed by atoms with E-state index in [0.29, 0.717) is 31.1 Å². The van der Waals surface area contributed by atoms with Gasteiger partial charge in [0, 0.05) is 18.8 Å². The molecule has 1 aromatic heterocycles. The van der Waals surface area contributed by atoms with E-state index in [1.807, 2.05) is 61.5 Å². The van der Waals surface area contributed by atoms with Crippen LogP contribution in [-0.2, 0) is 4.74 Å². The molecule has 1 aliphatic heterocycles. The van der Waals surface area contributed by atoms with Crippen molar-refractivity contribution in [1.29, 1.82) is 0 Å². The minimum Gasteiger partial charge on any atom is -0.378 e. The molecule has 0 bridgehead atoms. The van der Waals surface area contributed by atoms with Gasteiger partial charge in [-0.3, -0.25) is 0 Å². The number of nitrogens with zero attached hydrogens (tertiary/aromatic N) is 5. The van der Waals surface area contributed by atoms with Gasteiger partial charge in [-0.1, -0.05) is 42.5 Å². The Hall–Kier alpha value is -3.52. The average molecular weight is 389 g/mol. The fraction of sp³-hybridized carbons (Fsp3) is 0.238. The fourth-order valence-corrected chi connectivity index (χ4v) is 2.92. The van der Waals surface area contributed by atoms with Gasteiger partial charge in [-0.05, 0) is 30.2 Å². The summed E-state index contributed by atoms with van der Waals surface area (Å²) in [6.07, 6.45) is 1.76. The number of morpholine rings is 1. The van der Waals surface area contributed by atoms with Crippen LogP contribution >= 0.6 is 0 Å². The van der Waals surface area contributed by atoms with Crippen LogP contribution in [0.15, 0.2) is 59.7 Å². The number of benzene rings is 2. The molecule has 2 heterocycles. The second-order valence-corrected chi connectivity index (χ2v) is 6.60. The molecule has 8 heteroatoms. The molecule has 0 aliphatic carbocycles. The molecule has 1 saturated heterocycles. The summed E-state index contributed by atoms with van der Waals surface area (Å²) in [6, 6.07) is 17.8. The van der Waals surface area contributed by atoms with Gasteiger partial charge in [0.2, 0.25) is 17.8 Å². The summed E-state index contributed by atoms with van der Waals surface area (Å²) < 4.78 is 5.43. The van der Waals surface area contributed by atoms with Crippen molar-refractivity contribution in [2.24, 2.45) is 5.10 Å². The van der Waals surface area contributed by atoms with E-state index in [1.165, 1.54) is 0 Å². The Labute approximate surface area is 169 Å². The highest BCUT2D eigenvalue weighted by atomic mass is 16.5. The molecule has 2 aromatic carbocycles. The molecule has 1 aliphatic rings. The maximum Gasteiger partial charge on any atom is 0.250 e. The van der Waals surface area contributed by atoms with Gasteiger partial charge in [-0.15, -0.1) is 0 Å². The molecular formula is C21H23N7O. The van der Waals surface area contributed by atoms with Gasteiger partial charge in [0.15, 0.2) is 0 Å². The van der Waals surface area contributed by atoms with Crippen LogP contribution in [0.5, 0.6) is 0 Å². The van der Waals surface area contributed by atoms with Crippen LogP contribution in [0.3, 0.4) is 0 Å². The normalized spacial score (nSPS) is 14.2. The summed E-state index contributed by atoms with van der Waals surface area (Å²) in [5, 5.41) is 7.54. The summed E-state index contributed by atoms with van der Waals surface area (Å²) in [7, 11) is 0. The van der Waals surface area contributed by atoms with Crippen LogP contribution in [-0.4, -0.2) is 47.5 Å². The Kier molecular flexibility index (Phi) is 5.92. The Morgan fingerprint density at radius 2 is 1.66 bits per heavy atom. The van der Waals surface area contributed by atoms with Crippen molar-refractivity contribution in [3.8, 4) is 0 Å². The third-order valence-electron chi connectivity index (χ3n) is 4.50.